The summed E-state index contributed by atoms with van der Waals surface area (Å²) < 4.78 is 0. The Morgan fingerprint density at radius 2 is 1.80 bits per heavy atom. The van der Waals surface area contributed by atoms with Crippen molar-refractivity contribution in [1.29, 1.82) is 0 Å². The number of aryl methyl sites for hydroxylation is 1. The van der Waals surface area contributed by atoms with Crippen LogP contribution in [0, 0.1) is 5.41 Å². The average Bonchev–Trinajstić information content (AvgIpc) is 2.38. The Hall–Kier alpha value is -1.32. The molecule has 4 heteroatoms. The zero-order valence-electron chi connectivity index (χ0n) is 13.1. The predicted octanol–water partition coefficient (Wildman–Crippen LogP) is 3.85. The van der Waals surface area contributed by atoms with Crippen LogP contribution in [0.2, 0.25) is 0 Å². The number of hydrogen-bond donors (Lipinski definition) is 2. The first kappa shape index (κ1) is 15.1. The number of anilines is 2. The van der Waals surface area contributed by atoms with E-state index < -0.39 is 0 Å². The Balaban J connectivity index is 2.05. The van der Waals surface area contributed by atoms with Crippen LogP contribution in [-0.2, 0) is 6.42 Å². The largest absolute Gasteiger partial charge is 0.370 e. The minimum Gasteiger partial charge on any atom is -0.370 e. The zero-order chi connectivity index (χ0) is 14.4. The van der Waals surface area contributed by atoms with Gasteiger partial charge in [-0.25, -0.2) is 9.97 Å². The van der Waals surface area contributed by atoms with Crippen LogP contribution in [0.1, 0.15) is 58.7 Å². The molecule has 0 atom stereocenters. The summed E-state index contributed by atoms with van der Waals surface area (Å²) in [6.07, 6.45) is 7.35. The van der Waals surface area contributed by atoms with Crippen molar-refractivity contribution < 1.29 is 0 Å². The molecule has 1 aliphatic carbocycles. The molecule has 1 aromatic rings. The van der Waals surface area contributed by atoms with Crippen molar-refractivity contribution in [3.05, 3.63) is 11.9 Å². The first-order valence-corrected chi connectivity index (χ1v) is 8.07. The van der Waals surface area contributed by atoms with Gasteiger partial charge < -0.3 is 10.6 Å². The number of nitrogens with one attached hydrogen (secondary N) is 2. The van der Waals surface area contributed by atoms with Gasteiger partial charge in [0, 0.05) is 25.6 Å². The number of nitrogens with zero attached hydrogens (tertiary/aromatic N) is 2. The molecule has 2 rings (SSSR count). The average molecular weight is 276 g/mol. The van der Waals surface area contributed by atoms with Gasteiger partial charge in [0.15, 0.2) is 0 Å². The molecule has 0 aliphatic heterocycles. The minimum atomic E-state index is 0.508. The lowest BCUT2D eigenvalue weighted by Gasteiger charge is -2.41. The molecule has 1 saturated carbocycles. The molecular weight excluding hydrogens is 248 g/mol. The highest BCUT2D eigenvalue weighted by molar-refractivity contribution is 5.47. The zero-order valence-corrected chi connectivity index (χ0v) is 13.1. The van der Waals surface area contributed by atoms with E-state index in [4.69, 9.17) is 0 Å². The second-order valence-corrected chi connectivity index (χ2v) is 5.90. The third-order valence-corrected chi connectivity index (χ3v) is 4.41. The fourth-order valence-corrected chi connectivity index (χ4v) is 2.80. The standard InChI is InChI=1S/C16H28N4/c1-4-8-13-19-14(17-6-3)11-15(20-13)18-12-16(5-2)9-7-10-16/h11H,4-10,12H2,1-3H3,(H2,17,18,19,20). The van der Waals surface area contributed by atoms with Crippen molar-refractivity contribution >= 4 is 11.6 Å². The molecule has 0 aromatic carbocycles. The monoisotopic (exact) mass is 276 g/mol. The summed E-state index contributed by atoms with van der Waals surface area (Å²) in [6, 6.07) is 2.03. The van der Waals surface area contributed by atoms with Crippen molar-refractivity contribution in [3.8, 4) is 0 Å². The quantitative estimate of drug-likeness (QED) is 0.757. The third kappa shape index (κ3) is 3.62. The second kappa shape index (κ2) is 6.91. The predicted molar refractivity (Wildman–Crippen MR) is 85.3 cm³/mol. The minimum absolute atomic E-state index is 0.508. The van der Waals surface area contributed by atoms with Crippen LogP contribution in [0.15, 0.2) is 6.07 Å². The molecule has 0 radical (unpaired) electrons. The van der Waals surface area contributed by atoms with Crippen molar-refractivity contribution in [2.75, 3.05) is 23.7 Å². The number of aromatic nitrogens is 2. The van der Waals surface area contributed by atoms with E-state index >= 15 is 0 Å². The summed E-state index contributed by atoms with van der Waals surface area (Å²) in [4.78, 5) is 9.19. The lowest BCUT2D eigenvalue weighted by Crippen LogP contribution is -2.36. The van der Waals surface area contributed by atoms with Crippen LogP contribution < -0.4 is 10.6 Å². The van der Waals surface area contributed by atoms with Gasteiger partial charge in [0.25, 0.3) is 0 Å². The number of hydrogen-bond acceptors (Lipinski definition) is 4. The molecule has 1 aliphatic rings. The first-order valence-electron chi connectivity index (χ1n) is 8.07. The molecule has 0 amide bonds. The highest BCUT2D eigenvalue weighted by atomic mass is 15.1. The fourth-order valence-electron chi connectivity index (χ4n) is 2.80. The van der Waals surface area contributed by atoms with Crippen LogP contribution in [0.3, 0.4) is 0 Å². The molecule has 0 spiro atoms. The van der Waals surface area contributed by atoms with Gasteiger partial charge in [0.05, 0.1) is 0 Å². The molecule has 4 nitrogen and oxygen atoms in total. The summed E-state index contributed by atoms with van der Waals surface area (Å²) in [6.45, 7) is 8.48. The smallest absolute Gasteiger partial charge is 0.133 e. The summed E-state index contributed by atoms with van der Waals surface area (Å²) in [5.74, 6) is 2.85. The van der Waals surface area contributed by atoms with Gasteiger partial charge in [-0.05, 0) is 38.0 Å². The van der Waals surface area contributed by atoms with E-state index in [0.29, 0.717) is 5.41 Å². The normalized spacial score (nSPS) is 16.6. The van der Waals surface area contributed by atoms with Crippen molar-refractivity contribution in [1.82, 2.24) is 9.97 Å². The molecule has 20 heavy (non-hydrogen) atoms. The maximum Gasteiger partial charge on any atom is 0.133 e. The topological polar surface area (TPSA) is 49.8 Å². The molecular formula is C16H28N4. The summed E-state index contributed by atoms with van der Waals surface area (Å²) in [5.41, 5.74) is 0.508. The van der Waals surface area contributed by atoms with Crippen molar-refractivity contribution in [2.45, 2.75) is 59.3 Å². The Bertz CT molecular complexity index is 397. The van der Waals surface area contributed by atoms with E-state index in [0.717, 1.165) is 43.4 Å². The van der Waals surface area contributed by atoms with E-state index in [1.54, 1.807) is 0 Å². The van der Waals surface area contributed by atoms with Crippen LogP contribution in [-0.4, -0.2) is 23.1 Å². The van der Waals surface area contributed by atoms with E-state index in [2.05, 4.69) is 41.4 Å². The highest BCUT2D eigenvalue weighted by Crippen LogP contribution is 2.43. The van der Waals surface area contributed by atoms with Gasteiger partial charge in [-0.1, -0.05) is 20.3 Å². The molecule has 2 N–H and O–H groups in total. The summed E-state index contributed by atoms with van der Waals surface area (Å²) in [7, 11) is 0. The van der Waals surface area contributed by atoms with Crippen molar-refractivity contribution in [3.63, 3.8) is 0 Å². The maximum atomic E-state index is 4.64. The van der Waals surface area contributed by atoms with E-state index in [9.17, 15) is 0 Å². The van der Waals surface area contributed by atoms with Gasteiger partial charge in [-0.2, -0.15) is 0 Å². The molecule has 0 bridgehead atoms. The van der Waals surface area contributed by atoms with Crippen LogP contribution in [0.4, 0.5) is 11.6 Å². The SMILES string of the molecule is CCCc1nc(NCC)cc(NCC2(CC)CCC2)n1. The molecule has 1 aromatic heterocycles. The summed E-state index contributed by atoms with van der Waals surface area (Å²) in [5, 5.41) is 6.84. The van der Waals surface area contributed by atoms with Gasteiger partial charge in [0.1, 0.15) is 17.5 Å². The second-order valence-electron chi connectivity index (χ2n) is 5.90. The lowest BCUT2D eigenvalue weighted by atomic mass is 9.67. The van der Waals surface area contributed by atoms with Crippen LogP contribution in [0.5, 0.6) is 0 Å². The third-order valence-electron chi connectivity index (χ3n) is 4.41. The lowest BCUT2D eigenvalue weighted by molar-refractivity contribution is 0.145. The Kier molecular flexibility index (Phi) is 5.21. The highest BCUT2D eigenvalue weighted by Gasteiger charge is 2.34. The van der Waals surface area contributed by atoms with Crippen LogP contribution in [0.25, 0.3) is 0 Å². The Morgan fingerprint density at radius 3 is 2.30 bits per heavy atom. The van der Waals surface area contributed by atoms with E-state index in [1.807, 2.05) is 6.07 Å². The van der Waals surface area contributed by atoms with Gasteiger partial charge >= 0.3 is 0 Å². The molecule has 1 heterocycles. The van der Waals surface area contributed by atoms with Gasteiger partial charge in [-0.3, -0.25) is 0 Å². The maximum absolute atomic E-state index is 4.64. The van der Waals surface area contributed by atoms with Crippen molar-refractivity contribution in [2.24, 2.45) is 5.41 Å². The Morgan fingerprint density at radius 1 is 1.10 bits per heavy atom. The van der Waals surface area contributed by atoms with E-state index in [-0.39, 0.29) is 0 Å². The molecule has 1 fully saturated rings. The molecule has 112 valence electrons. The molecule has 0 saturated heterocycles. The number of rotatable bonds is 8. The molecule has 0 unspecified atom stereocenters. The Labute approximate surface area is 122 Å². The van der Waals surface area contributed by atoms with Crippen LogP contribution >= 0.6 is 0 Å². The van der Waals surface area contributed by atoms with Gasteiger partial charge in [0.2, 0.25) is 0 Å². The van der Waals surface area contributed by atoms with Gasteiger partial charge in [-0.15, -0.1) is 0 Å². The fraction of sp³-hybridized carbons (Fsp3) is 0.750. The summed E-state index contributed by atoms with van der Waals surface area (Å²) >= 11 is 0. The first-order chi connectivity index (χ1) is 9.71. The van der Waals surface area contributed by atoms with E-state index in [1.165, 1.54) is 25.7 Å².